The number of hydrogen-bond donors (Lipinski definition) is 3. The molecule has 0 aliphatic carbocycles. The fourth-order valence-corrected chi connectivity index (χ4v) is 1.99. The molecule has 4 N–H and O–H groups in total. The van der Waals surface area contributed by atoms with Crippen LogP contribution < -0.4 is 16.6 Å². The molecular weight excluding hydrogens is 298 g/mol. The summed E-state index contributed by atoms with van der Waals surface area (Å²) in [5.41, 5.74) is 2.50. The monoisotopic (exact) mass is 311 g/mol. The molecule has 96 valence electrons. The van der Waals surface area contributed by atoms with Crippen LogP contribution in [0.1, 0.15) is 6.92 Å². The summed E-state index contributed by atoms with van der Waals surface area (Å²) >= 11 is 3.40. The first-order valence-electron chi connectivity index (χ1n) is 5.40. The number of nitrogens with one attached hydrogen (secondary N) is 2. The second kappa shape index (κ2) is 5.78. The predicted octanol–water partition coefficient (Wildman–Crippen LogP) is 1.22. The molecule has 7 nitrogen and oxygen atoms in total. The largest absolute Gasteiger partial charge is 0.365 e. The Kier molecular flexibility index (Phi) is 4.11. The van der Waals surface area contributed by atoms with Gasteiger partial charge in [0.25, 0.3) is 0 Å². The zero-order valence-corrected chi connectivity index (χ0v) is 11.4. The van der Waals surface area contributed by atoms with Crippen molar-refractivity contribution in [1.82, 2.24) is 19.5 Å². The van der Waals surface area contributed by atoms with E-state index in [-0.39, 0.29) is 6.04 Å². The standard InChI is InChI=1S/C10H14BrN7/c1-7(4-18-3-2-13-6-18)16-9-8(11)10(17-12)15-5-14-9/h2-3,5-7H,4,12H2,1H3,(H2,14,15,16,17). The van der Waals surface area contributed by atoms with Gasteiger partial charge in [-0.3, -0.25) is 0 Å². The Hall–Kier alpha value is -1.67. The number of nitrogens with zero attached hydrogens (tertiary/aromatic N) is 4. The molecule has 0 bridgehead atoms. The summed E-state index contributed by atoms with van der Waals surface area (Å²) < 4.78 is 2.71. The summed E-state index contributed by atoms with van der Waals surface area (Å²) in [7, 11) is 0. The van der Waals surface area contributed by atoms with Crippen LogP contribution in [0.15, 0.2) is 29.5 Å². The van der Waals surface area contributed by atoms with Gasteiger partial charge in [-0.15, -0.1) is 0 Å². The molecule has 0 aliphatic heterocycles. The van der Waals surface area contributed by atoms with Crippen LogP contribution in [0.25, 0.3) is 0 Å². The number of hydrazine groups is 1. The molecule has 1 atom stereocenters. The summed E-state index contributed by atoms with van der Waals surface area (Å²) in [5.74, 6) is 6.59. The molecule has 0 fully saturated rings. The molecule has 0 saturated heterocycles. The third-order valence-corrected chi connectivity index (χ3v) is 3.10. The highest BCUT2D eigenvalue weighted by Gasteiger charge is 2.10. The highest BCUT2D eigenvalue weighted by atomic mass is 79.9. The summed E-state index contributed by atoms with van der Waals surface area (Å²) in [6, 6.07) is 0.191. The summed E-state index contributed by atoms with van der Waals surface area (Å²) in [6.45, 7) is 2.85. The molecule has 2 aromatic rings. The van der Waals surface area contributed by atoms with Crippen molar-refractivity contribution in [2.45, 2.75) is 19.5 Å². The molecule has 0 aliphatic rings. The van der Waals surface area contributed by atoms with Crippen molar-refractivity contribution in [3.8, 4) is 0 Å². The normalized spacial score (nSPS) is 12.2. The molecule has 2 aromatic heterocycles. The van der Waals surface area contributed by atoms with Crippen molar-refractivity contribution in [2.24, 2.45) is 5.84 Å². The average molecular weight is 312 g/mol. The number of anilines is 2. The molecule has 0 amide bonds. The second-order valence-corrected chi connectivity index (χ2v) is 4.63. The van der Waals surface area contributed by atoms with Crippen LogP contribution in [0.5, 0.6) is 0 Å². The van der Waals surface area contributed by atoms with Crippen molar-refractivity contribution in [3.05, 3.63) is 29.5 Å². The summed E-state index contributed by atoms with van der Waals surface area (Å²) in [6.07, 6.45) is 6.90. The lowest BCUT2D eigenvalue weighted by Crippen LogP contribution is -2.22. The summed E-state index contributed by atoms with van der Waals surface area (Å²) in [4.78, 5) is 12.2. The average Bonchev–Trinajstić information content (AvgIpc) is 2.84. The Balaban J connectivity index is 2.05. The minimum atomic E-state index is 0.191. The van der Waals surface area contributed by atoms with Crippen LogP contribution in [0.2, 0.25) is 0 Å². The molecule has 2 rings (SSSR count). The Labute approximate surface area is 113 Å². The lowest BCUT2D eigenvalue weighted by atomic mass is 10.3. The van der Waals surface area contributed by atoms with E-state index in [1.807, 2.05) is 10.8 Å². The minimum Gasteiger partial charge on any atom is -0.365 e. The van der Waals surface area contributed by atoms with E-state index < -0.39 is 0 Å². The summed E-state index contributed by atoms with van der Waals surface area (Å²) in [5, 5.41) is 3.28. The number of halogens is 1. The van der Waals surface area contributed by atoms with Crippen LogP contribution in [0, 0.1) is 0 Å². The first kappa shape index (κ1) is 12.8. The Morgan fingerprint density at radius 3 is 2.89 bits per heavy atom. The smallest absolute Gasteiger partial charge is 0.159 e. The van der Waals surface area contributed by atoms with E-state index in [0.29, 0.717) is 16.1 Å². The molecular formula is C10H14BrN7. The van der Waals surface area contributed by atoms with Gasteiger partial charge < -0.3 is 15.3 Å². The zero-order chi connectivity index (χ0) is 13.0. The van der Waals surface area contributed by atoms with Gasteiger partial charge in [-0.05, 0) is 22.9 Å². The van der Waals surface area contributed by atoms with Gasteiger partial charge in [-0.2, -0.15) is 0 Å². The molecule has 18 heavy (non-hydrogen) atoms. The number of hydrogen-bond acceptors (Lipinski definition) is 6. The van der Waals surface area contributed by atoms with Gasteiger partial charge in [0, 0.05) is 25.0 Å². The maximum Gasteiger partial charge on any atom is 0.159 e. The lowest BCUT2D eigenvalue weighted by Gasteiger charge is -2.16. The van der Waals surface area contributed by atoms with E-state index in [4.69, 9.17) is 5.84 Å². The van der Waals surface area contributed by atoms with Crippen LogP contribution in [-0.2, 0) is 6.54 Å². The van der Waals surface area contributed by atoms with Crippen molar-refractivity contribution < 1.29 is 0 Å². The van der Waals surface area contributed by atoms with Gasteiger partial charge in [-0.25, -0.2) is 20.8 Å². The van der Waals surface area contributed by atoms with E-state index in [9.17, 15) is 0 Å². The molecule has 0 radical (unpaired) electrons. The van der Waals surface area contributed by atoms with Crippen molar-refractivity contribution in [1.29, 1.82) is 0 Å². The van der Waals surface area contributed by atoms with Crippen LogP contribution in [0.3, 0.4) is 0 Å². The first-order chi connectivity index (χ1) is 8.70. The number of imidazole rings is 1. The van der Waals surface area contributed by atoms with E-state index in [1.165, 1.54) is 6.33 Å². The highest BCUT2D eigenvalue weighted by molar-refractivity contribution is 9.10. The van der Waals surface area contributed by atoms with Crippen LogP contribution in [0.4, 0.5) is 11.6 Å². The van der Waals surface area contributed by atoms with Gasteiger partial charge in [0.2, 0.25) is 0 Å². The van der Waals surface area contributed by atoms with Crippen LogP contribution in [-0.4, -0.2) is 25.6 Å². The minimum absolute atomic E-state index is 0.191. The van der Waals surface area contributed by atoms with Gasteiger partial charge in [0.05, 0.1) is 6.33 Å². The third kappa shape index (κ3) is 2.96. The SMILES string of the molecule is CC(Cn1ccnc1)Nc1ncnc(NN)c1Br. The number of rotatable bonds is 5. The molecule has 1 unspecified atom stereocenters. The quantitative estimate of drug-likeness (QED) is 0.568. The fourth-order valence-electron chi connectivity index (χ4n) is 1.56. The first-order valence-corrected chi connectivity index (χ1v) is 6.19. The van der Waals surface area contributed by atoms with E-state index in [2.05, 4.69) is 48.5 Å². The van der Waals surface area contributed by atoms with Gasteiger partial charge in [0.15, 0.2) is 5.82 Å². The van der Waals surface area contributed by atoms with Gasteiger partial charge in [0.1, 0.15) is 16.6 Å². The lowest BCUT2D eigenvalue weighted by molar-refractivity contribution is 0.616. The van der Waals surface area contributed by atoms with E-state index >= 15 is 0 Å². The maximum atomic E-state index is 5.35. The maximum absolute atomic E-state index is 5.35. The topological polar surface area (TPSA) is 93.7 Å². The van der Waals surface area contributed by atoms with E-state index in [1.54, 1.807) is 12.5 Å². The molecule has 0 aromatic carbocycles. The number of nitrogens with two attached hydrogens (primary N) is 1. The third-order valence-electron chi connectivity index (χ3n) is 2.35. The van der Waals surface area contributed by atoms with Gasteiger partial charge in [-0.1, -0.05) is 0 Å². The number of aromatic nitrogens is 4. The molecule has 8 heteroatoms. The Morgan fingerprint density at radius 1 is 1.44 bits per heavy atom. The molecule has 0 spiro atoms. The molecule has 2 heterocycles. The van der Waals surface area contributed by atoms with Crippen molar-refractivity contribution in [3.63, 3.8) is 0 Å². The Bertz CT molecular complexity index is 499. The van der Waals surface area contributed by atoms with Gasteiger partial charge >= 0.3 is 0 Å². The fraction of sp³-hybridized carbons (Fsp3) is 0.300. The molecule has 0 saturated carbocycles. The highest BCUT2D eigenvalue weighted by Crippen LogP contribution is 2.26. The van der Waals surface area contributed by atoms with E-state index in [0.717, 1.165) is 6.54 Å². The van der Waals surface area contributed by atoms with Crippen molar-refractivity contribution >= 4 is 27.6 Å². The number of nitrogen functional groups attached to an aromatic ring is 1. The van der Waals surface area contributed by atoms with Crippen molar-refractivity contribution in [2.75, 3.05) is 10.7 Å². The second-order valence-electron chi connectivity index (χ2n) is 3.83. The van der Waals surface area contributed by atoms with Crippen LogP contribution >= 0.6 is 15.9 Å². The zero-order valence-electron chi connectivity index (χ0n) is 9.84. The predicted molar refractivity (Wildman–Crippen MR) is 72.9 cm³/mol. The Morgan fingerprint density at radius 2 is 2.22 bits per heavy atom.